The van der Waals surface area contributed by atoms with E-state index in [9.17, 15) is 5.11 Å². The van der Waals surface area contributed by atoms with Gasteiger partial charge in [-0.3, -0.25) is 0 Å². The lowest BCUT2D eigenvalue weighted by molar-refractivity contribution is 0.429. The second-order valence-corrected chi connectivity index (χ2v) is 3.48. The van der Waals surface area contributed by atoms with Crippen LogP contribution in [0.1, 0.15) is 6.92 Å². The largest absolute Gasteiger partial charge is 0.508 e. The molecule has 0 rings (SSSR count). The second-order valence-electron chi connectivity index (χ2n) is 3.48. The van der Waals surface area contributed by atoms with Crippen molar-refractivity contribution in [1.82, 2.24) is 0 Å². The smallest absolute Gasteiger partial charge is 0.115 e. The van der Waals surface area contributed by atoms with Crippen molar-refractivity contribution in [3.8, 4) is 0 Å². The molecule has 1 nitrogen and oxygen atoms in total. The molecule has 1 heteroatoms. The molecule has 0 bridgehead atoms. The van der Waals surface area contributed by atoms with Crippen LogP contribution in [0, 0.1) is 0 Å². The predicted molar refractivity (Wildman–Crippen MR) is 72.3 cm³/mol. The number of allylic oxidation sites excluding steroid dienone is 7. The van der Waals surface area contributed by atoms with Gasteiger partial charge in [0.05, 0.1) is 0 Å². The van der Waals surface area contributed by atoms with Gasteiger partial charge >= 0.3 is 0 Å². The van der Waals surface area contributed by atoms with Gasteiger partial charge < -0.3 is 5.11 Å². The van der Waals surface area contributed by atoms with Crippen LogP contribution in [0.5, 0.6) is 0 Å². The fraction of sp³-hybridized carbons (Fsp3) is 0.0667. The molecule has 0 aromatic heterocycles. The lowest BCUT2D eigenvalue weighted by atomic mass is 10.0. The van der Waals surface area contributed by atoms with E-state index in [0.29, 0.717) is 11.1 Å². The van der Waals surface area contributed by atoms with E-state index >= 15 is 0 Å². The summed E-state index contributed by atoms with van der Waals surface area (Å²) in [6, 6.07) is 0. The maximum atomic E-state index is 9.22. The average Bonchev–Trinajstić information content (AvgIpc) is 2.21. The molecule has 1 N–H and O–H groups in total. The molecule has 0 heterocycles. The van der Waals surface area contributed by atoms with E-state index in [0.717, 1.165) is 11.1 Å². The third-order valence-electron chi connectivity index (χ3n) is 1.86. The zero-order chi connectivity index (χ0) is 12.7. The Morgan fingerprint density at radius 1 is 1.00 bits per heavy atom. The van der Waals surface area contributed by atoms with Gasteiger partial charge in [0.15, 0.2) is 0 Å². The second kappa shape index (κ2) is 6.46. The predicted octanol–water partition coefficient (Wildman–Crippen LogP) is 4.42. The first-order valence-electron chi connectivity index (χ1n) is 4.82. The van der Waals surface area contributed by atoms with Crippen LogP contribution in [-0.4, -0.2) is 5.11 Å². The summed E-state index contributed by atoms with van der Waals surface area (Å²) in [5.41, 5.74) is 2.93. The summed E-state index contributed by atoms with van der Waals surface area (Å²) in [6.45, 7) is 20.3. The molecule has 0 spiro atoms. The lowest BCUT2D eigenvalue weighted by Crippen LogP contribution is -1.86. The fourth-order valence-corrected chi connectivity index (χ4v) is 0.890. The Morgan fingerprint density at radius 2 is 1.56 bits per heavy atom. The summed E-state index contributed by atoms with van der Waals surface area (Å²) < 4.78 is 0. The van der Waals surface area contributed by atoms with Crippen molar-refractivity contribution in [1.29, 1.82) is 0 Å². The molecule has 0 aromatic carbocycles. The molecular formula is C15H18O. The van der Waals surface area contributed by atoms with Gasteiger partial charge in [-0.2, -0.15) is 0 Å². The van der Waals surface area contributed by atoms with Crippen molar-refractivity contribution in [3.05, 3.63) is 85.3 Å². The SMILES string of the molecule is C=C/C(=C\C(=C)C(=C)/C=C\C(=C)C)C(=C)O. The molecule has 16 heavy (non-hydrogen) atoms. The summed E-state index contributed by atoms with van der Waals surface area (Å²) in [5, 5.41) is 9.22. The van der Waals surface area contributed by atoms with Crippen LogP contribution in [-0.2, 0) is 0 Å². The minimum Gasteiger partial charge on any atom is -0.508 e. The molecule has 0 aliphatic carbocycles. The quantitative estimate of drug-likeness (QED) is 0.512. The highest BCUT2D eigenvalue weighted by atomic mass is 16.3. The molecule has 84 valence electrons. The molecular weight excluding hydrogens is 196 g/mol. The van der Waals surface area contributed by atoms with Crippen molar-refractivity contribution < 1.29 is 5.11 Å². The highest BCUT2D eigenvalue weighted by Crippen LogP contribution is 2.15. The molecule has 0 fully saturated rings. The van der Waals surface area contributed by atoms with Crippen LogP contribution in [0.2, 0.25) is 0 Å². The normalized spacial score (nSPS) is 11.2. The highest BCUT2D eigenvalue weighted by Gasteiger charge is 1.98. The van der Waals surface area contributed by atoms with Crippen LogP contribution < -0.4 is 0 Å². The molecule has 0 radical (unpaired) electrons. The number of hydrogen-bond donors (Lipinski definition) is 1. The summed E-state index contributed by atoms with van der Waals surface area (Å²) in [4.78, 5) is 0. The number of aliphatic hydroxyl groups is 1. The minimum absolute atomic E-state index is 0.0344. The number of rotatable bonds is 6. The van der Waals surface area contributed by atoms with Gasteiger partial charge in [0, 0.05) is 5.57 Å². The van der Waals surface area contributed by atoms with E-state index < -0.39 is 0 Å². The maximum absolute atomic E-state index is 9.22. The van der Waals surface area contributed by atoms with Crippen molar-refractivity contribution >= 4 is 0 Å². The molecule has 0 aromatic rings. The van der Waals surface area contributed by atoms with E-state index in [1.165, 1.54) is 6.08 Å². The Balaban J connectivity index is 4.82. The van der Waals surface area contributed by atoms with Crippen LogP contribution in [0.3, 0.4) is 0 Å². The summed E-state index contributed by atoms with van der Waals surface area (Å²) in [7, 11) is 0. The van der Waals surface area contributed by atoms with Gasteiger partial charge in [0.1, 0.15) is 5.76 Å². The number of aliphatic hydroxyl groups excluding tert-OH is 1. The van der Waals surface area contributed by atoms with Gasteiger partial charge in [-0.25, -0.2) is 0 Å². The van der Waals surface area contributed by atoms with Crippen LogP contribution in [0.4, 0.5) is 0 Å². The maximum Gasteiger partial charge on any atom is 0.115 e. The first-order valence-corrected chi connectivity index (χ1v) is 4.82. The van der Waals surface area contributed by atoms with Crippen molar-refractivity contribution in [2.75, 3.05) is 0 Å². The first kappa shape index (κ1) is 14.0. The van der Waals surface area contributed by atoms with Gasteiger partial charge in [0.25, 0.3) is 0 Å². The summed E-state index contributed by atoms with van der Waals surface area (Å²) in [6.07, 6.45) is 6.87. The van der Waals surface area contributed by atoms with E-state index in [4.69, 9.17) is 0 Å². The van der Waals surface area contributed by atoms with Crippen molar-refractivity contribution in [2.24, 2.45) is 0 Å². The van der Waals surface area contributed by atoms with Crippen LogP contribution in [0.25, 0.3) is 0 Å². The molecule has 0 amide bonds. The Hall–Kier alpha value is -2.02. The van der Waals surface area contributed by atoms with E-state index in [-0.39, 0.29) is 5.76 Å². The monoisotopic (exact) mass is 214 g/mol. The summed E-state index contributed by atoms with van der Waals surface area (Å²) in [5.74, 6) is -0.0344. The van der Waals surface area contributed by atoms with E-state index in [1.807, 2.05) is 19.1 Å². The Kier molecular flexibility index (Phi) is 5.65. The topological polar surface area (TPSA) is 20.2 Å². The molecule has 0 unspecified atom stereocenters. The van der Waals surface area contributed by atoms with Crippen LogP contribution in [0.15, 0.2) is 85.3 Å². The van der Waals surface area contributed by atoms with Gasteiger partial charge in [-0.05, 0) is 24.1 Å². The first-order chi connectivity index (χ1) is 7.38. The zero-order valence-corrected chi connectivity index (χ0v) is 9.79. The van der Waals surface area contributed by atoms with Crippen molar-refractivity contribution in [2.45, 2.75) is 6.92 Å². The lowest BCUT2D eigenvalue weighted by Gasteiger charge is -2.03. The number of hydrogen-bond acceptors (Lipinski definition) is 1. The molecule has 0 saturated carbocycles. The fourth-order valence-electron chi connectivity index (χ4n) is 0.890. The standard InChI is InChI=1S/C15H18O/c1-7-15(14(6)16)10-13(5)12(4)9-8-11(2)3/h7-10,16H,1-2,4-6H2,3H3/b9-8-,15-10+. The molecule has 0 aliphatic rings. The summed E-state index contributed by atoms with van der Waals surface area (Å²) >= 11 is 0. The zero-order valence-electron chi connectivity index (χ0n) is 9.79. The highest BCUT2D eigenvalue weighted by molar-refractivity contribution is 5.49. The molecule has 0 atom stereocenters. The van der Waals surface area contributed by atoms with Crippen LogP contribution >= 0.6 is 0 Å². The van der Waals surface area contributed by atoms with Crippen molar-refractivity contribution in [3.63, 3.8) is 0 Å². The average molecular weight is 214 g/mol. The van der Waals surface area contributed by atoms with E-state index in [2.05, 4.69) is 32.9 Å². The van der Waals surface area contributed by atoms with Gasteiger partial charge in [-0.15, -0.1) is 0 Å². The Bertz CT molecular complexity index is 403. The third-order valence-corrected chi connectivity index (χ3v) is 1.86. The van der Waals surface area contributed by atoms with Gasteiger partial charge in [-0.1, -0.05) is 56.7 Å². The minimum atomic E-state index is -0.0344. The molecule has 0 saturated heterocycles. The third kappa shape index (κ3) is 5.01. The van der Waals surface area contributed by atoms with E-state index in [1.54, 1.807) is 6.08 Å². The molecule has 0 aliphatic heterocycles. The Morgan fingerprint density at radius 3 is 1.94 bits per heavy atom. The Labute approximate surface area is 97.8 Å². The van der Waals surface area contributed by atoms with Gasteiger partial charge in [0.2, 0.25) is 0 Å².